The summed E-state index contributed by atoms with van der Waals surface area (Å²) in [4.78, 5) is 48.0. The first-order valence-corrected chi connectivity index (χ1v) is 12.4. The van der Waals surface area contributed by atoms with Crippen molar-refractivity contribution in [1.29, 1.82) is 0 Å². The summed E-state index contributed by atoms with van der Waals surface area (Å²) in [5.41, 5.74) is 1.25. The van der Waals surface area contributed by atoms with Gasteiger partial charge in [-0.25, -0.2) is 0 Å². The predicted octanol–water partition coefficient (Wildman–Crippen LogP) is 2.52. The SMILES string of the molecule is C=NC[C@H](C[C@@H]1CCNC1=O)NC(=O)[C@@H]1C[C@@H](CCC)CN1C(=O)c1cc2c(OC)cccc2[nH]1. The molecule has 4 rings (SSSR count). The van der Waals surface area contributed by atoms with Crippen molar-refractivity contribution in [2.75, 3.05) is 26.7 Å². The van der Waals surface area contributed by atoms with Gasteiger partial charge in [0.2, 0.25) is 11.8 Å². The largest absolute Gasteiger partial charge is 0.496 e. The molecule has 9 nitrogen and oxygen atoms in total. The molecule has 0 radical (unpaired) electrons. The van der Waals surface area contributed by atoms with E-state index in [2.05, 4.69) is 34.3 Å². The highest BCUT2D eigenvalue weighted by atomic mass is 16.5. The normalized spacial score (nSPS) is 22.7. The Morgan fingerprint density at radius 1 is 1.37 bits per heavy atom. The lowest BCUT2D eigenvalue weighted by molar-refractivity contribution is -0.127. The Morgan fingerprint density at radius 3 is 2.89 bits per heavy atom. The quantitative estimate of drug-likeness (QED) is 0.452. The molecule has 2 fully saturated rings. The van der Waals surface area contributed by atoms with Gasteiger partial charge in [0.25, 0.3) is 5.91 Å². The second-order valence-electron chi connectivity index (χ2n) is 9.59. The Bertz CT molecular complexity index is 1100. The molecule has 4 atom stereocenters. The van der Waals surface area contributed by atoms with Crippen molar-refractivity contribution in [3.8, 4) is 5.75 Å². The third kappa shape index (κ3) is 5.33. The van der Waals surface area contributed by atoms with E-state index in [4.69, 9.17) is 4.74 Å². The van der Waals surface area contributed by atoms with E-state index in [1.807, 2.05) is 18.2 Å². The summed E-state index contributed by atoms with van der Waals surface area (Å²) in [7, 11) is 1.60. The molecule has 35 heavy (non-hydrogen) atoms. The van der Waals surface area contributed by atoms with Crippen molar-refractivity contribution in [2.24, 2.45) is 16.8 Å². The Kier molecular flexibility index (Phi) is 7.73. The van der Waals surface area contributed by atoms with Gasteiger partial charge in [-0.1, -0.05) is 19.4 Å². The van der Waals surface area contributed by atoms with Gasteiger partial charge in [-0.3, -0.25) is 19.4 Å². The van der Waals surface area contributed by atoms with E-state index in [1.165, 1.54) is 0 Å². The molecule has 0 spiro atoms. The van der Waals surface area contributed by atoms with E-state index in [9.17, 15) is 14.4 Å². The number of rotatable bonds is 10. The number of aromatic nitrogens is 1. The summed E-state index contributed by atoms with van der Waals surface area (Å²) in [5.74, 6) is 0.428. The highest BCUT2D eigenvalue weighted by Crippen LogP contribution is 2.31. The molecular formula is C26H35N5O4. The fourth-order valence-corrected chi connectivity index (χ4v) is 5.43. The number of carbonyl (C=O) groups is 3. The maximum atomic E-state index is 13.6. The lowest BCUT2D eigenvalue weighted by Gasteiger charge is -2.26. The third-order valence-electron chi connectivity index (χ3n) is 7.15. The maximum Gasteiger partial charge on any atom is 0.270 e. The zero-order chi connectivity index (χ0) is 24.9. The smallest absolute Gasteiger partial charge is 0.270 e. The van der Waals surface area contributed by atoms with Crippen LogP contribution in [0.3, 0.4) is 0 Å². The number of methoxy groups -OCH3 is 1. The van der Waals surface area contributed by atoms with E-state index in [0.29, 0.717) is 43.9 Å². The van der Waals surface area contributed by atoms with Crippen molar-refractivity contribution >= 4 is 35.3 Å². The van der Waals surface area contributed by atoms with Crippen LogP contribution < -0.4 is 15.4 Å². The summed E-state index contributed by atoms with van der Waals surface area (Å²) >= 11 is 0. The maximum absolute atomic E-state index is 13.6. The molecular weight excluding hydrogens is 446 g/mol. The lowest BCUT2D eigenvalue weighted by atomic mass is 9.97. The van der Waals surface area contributed by atoms with Crippen LogP contribution in [0.4, 0.5) is 0 Å². The summed E-state index contributed by atoms with van der Waals surface area (Å²) in [6.07, 6.45) is 3.82. The molecule has 9 heteroatoms. The van der Waals surface area contributed by atoms with Crippen molar-refractivity contribution in [3.63, 3.8) is 0 Å². The highest BCUT2D eigenvalue weighted by Gasteiger charge is 2.41. The molecule has 0 saturated carbocycles. The summed E-state index contributed by atoms with van der Waals surface area (Å²) in [5, 5.41) is 6.75. The van der Waals surface area contributed by atoms with Crippen LogP contribution in [0.2, 0.25) is 0 Å². The number of benzene rings is 1. The first-order valence-electron chi connectivity index (χ1n) is 12.4. The van der Waals surface area contributed by atoms with Crippen LogP contribution in [-0.4, -0.2) is 73.2 Å². The van der Waals surface area contributed by atoms with Gasteiger partial charge in [-0.05, 0) is 56.5 Å². The van der Waals surface area contributed by atoms with E-state index in [0.717, 1.165) is 30.2 Å². The fraction of sp³-hybridized carbons (Fsp3) is 0.538. The molecule has 3 heterocycles. The van der Waals surface area contributed by atoms with Crippen LogP contribution in [0.5, 0.6) is 5.75 Å². The van der Waals surface area contributed by atoms with Gasteiger partial charge in [0, 0.05) is 36.0 Å². The molecule has 0 bridgehead atoms. The summed E-state index contributed by atoms with van der Waals surface area (Å²) in [6.45, 7) is 7.21. The molecule has 2 aromatic rings. The van der Waals surface area contributed by atoms with Gasteiger partial charge in [0.15, 0.2) is 0 Å². The monoisotopic (exact) mass is 481 g/mol. The van der Waals surface area contributed by atoms with Crippen molar-refractivity contribution in [1.82, 2.24) is 20.5 Å². The average Bonchev–Trinajstić information content (AvgIpc) is 3.57. The highest BCUT2D eigenvalue weighted by molar-refractivity contribution is 6.01. The molecule has 2 aliphatic heterocycles. The summed E-state index contributed by atoms with van der Waals surface area (Å²) in [6, 6.07) is 6.54. The first-order chi connectivity index (χ1) is 16.9. The molecule has 2 aliphatic rings. The molecule has 3 N–H and O–H groups in total. The fourth-order valence-electron chi connectivity index (χ4n) is 5.43. The number of fused-ring (bicyclic) bond motifs is 1. The van der Waals surface area contributed by atoms with Gasteiger partial charge in [0.1, 0.15) is 17.5 Å². The first kappa shape index (κ1) is 24.8. The van der Waals surface area contributed by atoms with E-state index in [1.54, 1.807) is 18.1 Å². The molecule has 0 unspecified atom stereocenters. The van der Waals surface area contributed by atoms with Crippen LogP contribution in [0.15, 0.2) is 29.3 Å². The lowest BCUT2D eigenvalue weighted by Crippen LogP contribution is -2.50. The Hall–Kier alpha value is -3.36. The minimum absolute atomic E-state index is 0.0169. The second-order valence-corrected chi connectivity index (χ2v) is 9.59. The van der Waals surface area contributed by atoms with Crippen molar-refractivity contribution in [3.05, 3.63) is 30.0 Å². The molecule has 3 amide bonds. The van der Waals surface area contributed by atoms with E-state index < -0.39 is 6.04 Å². The number of hydrogen-bond donors (Lipinski definition) is 3. The molecule has 1 aromatic carbocycles. The zero-order valence-electron chi connectivity index (χ0n) is 20.5. The molecule has 1 aromatic heterocycles. The molecule has 2 saturated heterocycles. The van der Waals surface area contributed by atoms with Crippen LogP contribution in [0, 0.1) is 11.8 Å². The minimum Gasteiger partial charge on any atom is -0.496 e. The number of aromatic amines is 1. The van der Waals surface area contributed by atoms with Crippen molar-refractivity contribution < 1.29 is 19.1 Å². The minimum atomic E-state index is -0.572. The van der Waals surface area contributed by atoms with Gasteiger partial charge >= 0.3 is 0 Å². The number of carbonyl (C=O) groups excluding carboxylic acids is 3. The number of nitrogens with one attached hydrogen (secondary N) is 3. The van der Waals surface area contributed by atoms with Gasteiger partial charge in [-0.2, -0.15) is 0 Å². The number of likely N-dealkylation sites (tertiary alicyclic amines) is 1. The Labute approximate surface area is 205 Å². The zero-order valence-corrected chi connectivity index (χ0v) is 20.5. The van der Waals surface area contributed by atoms with E-state index in [-0.39, 0.29) is 35.6 Å². The van der Waals surface area contributed by atoms with Crippen molar-refractivity contribution in [2.45, 2.75) is 51.1 Å². The average molecular weight is 482 g/mol. The van der Waals surface area contributed by atoms with Gasteiger partial charge in [0.05, 0.1) is 13.7 Å². The number of nitrogens with zero attached hydrogens (tertiary/aromatic N) is 2. The molecule has 0 aliphatic carbocycles. The third-order valence-corrected chi connectivity index (χ3v) is 7.15. The van der Waals surface area contributed by atoms with E-state index >= 15 is 0 Å². The van der Waals surface area contributed by atoms with Crippen LogP contribution >= 0.6 is 0 Å². The van der Waals surface area contributed by atoms with Gasteiger partial charge in [-0.15, -0.1) is 0 Å². The van der Waals surface area contributed by atoms with Gasteiger partial charge < -0.3 is 25.3 Å². The van der Waals surface area contributed by atoms with Crippen LogP contribution in [0.1, 0.15) is 49.5 Å². The number of hydrogen-bond acceptors (Lipinski definition) is 5. The molecule has 188 valence electrons. The summed E-state index contributed by atoms with van der Waals surface area (Å²) < 4.78 is 5.43. The number of ether oxygens (including phenoxy) is 1. The Balaban J connectivity index is 1.53. The topological polar surface area (TPSA) is 116 Å². The number of H-pyrrole nitrogens is 1. The Morgan fingerprint density at radius 2 is 2.20 bits per heavy atom. The second kappa shape index (κ2) is 10.9. The standard InChI is InChI=1S/C26H35N5O4/c1-4-6-16-11-22(25(33)29-18(14-27-2)12-17-9-10-28-24(17)32)31(15-16)26(34)21-13-19-20(30-21)7-5-8-23(19)35-3/h5,7-8,13,16-18,22,30H,2,4,6,9-12,14-15H2,1,3H3,(H,28,32)(H,29,33)/t16-,17+,18+,22+/m1/s1. The van der Waals surface area contributed by atoms with Crippen LogP contribution in [-0.2, 0) is 9.59 Å². The number of amides is 3. The number of aliphatic imine (C=N–C) groups is 1. The predicted molar refractivity (Wildman–Crippen MR) is 135 cm³/mol. The van der Waals surface area contributed by atoms with Crippen LogP contribution in [0.25, 0.3) is 10.9 Å².